The molecule has 0 aliphatic carbocycles. The molecule has 0 bridgehead atoms. The highest BCUT2D eigenvalue weighted by molar-refractivity contribution is 6.31. The fourth-order valence-electron chi connectivity index (χ4n) is 2.12. The van der Waals surface area contributed by atoms with Crippen LogP contribution >= 0.6 is 11.6 Å². The maximum absolute atomic E-state index is 13.1. The molecule has 0 radical (unpaired) electrons. The van der Waals surface area contributed by atoms with Crippen molar-refractivity contribution in [2.75, 3.05) is 12.8 Å². The number of rotatable bonds is 3. The normalized spacial score (nSPS) is 10.5. The molecule has 1 amide bonds. The summed E-state index contributed by atoms with van der Waals surface area (Å²) in [5.74, 6) is -0.545. The molecule has 2 aromatic rings. The van der Waals surface area contributed by atoms with Gasteiger partial charge in [0.15, 0.2) is 0 Å². The van der Waals surface area contributed by atoms with Crippen molar-refractivity contribution in [2.45, 2.75) is 13.5 Å². The van der Waals surface area contributed by atoms with Gasteiger partial charge in [0.1, 0.15) is 5.82 Å². The standard InChI is InChI=1S/C16H16ClFN2O/c1-10-7-12(18)3-5-14(10)16(21)20(2)9-11-8-13(19)4-6-15(11)17/h3-8H,9,19H2,1-2H3. The lowest BCUT2D eigenvalue weighted by atomic mass is 10.1. The van der Waals surface area contributed by atoms with Gasteiger partial charge < -0.3 is 10.6 Å². The fourth-order valence-corrected chi connectivity index (χ4v) is 2.29. The Hall–Kier alpha value is -2.07. The zero-order chi connectivity index (χ0) is 15.6. The number of hydrogen-bond donors (Lipinski definition) is 1. The average Bonchev–Trinajstić information content (AvgIpc) is 2.42. The van der Waals surface area contributed by atoms with Gasteiger partial charge in [-0.15, -0.1) is 0 Å². The van der Waals surface area contributed by atoms with Crippen molar-refractivity contribution in [2.24, 2.45) is 0 Å². The van der Waals surface area contributed by atoms with Crippen LogP contribution in [-0.4, -0.2) is 17.9 Å². The van der Waals surface area contributed by atoms with Crippen LogP contribution in [0.1, 0.15) is 21.5 Å². The number of carbonyl (C=O) groups is 1. The molecule has 2 rings (SSSR count). The fraction of sp³-hybridized carbons (Fsp3) is 0.188. The average molecular weight is 307 g/mol. The van der Waals surface area contributed by atoms with Crippen molar-refractivity contribution < 1.29 is 9.18 Å². The molecule has 5 heteroatoms. The van der Waals surface area contributed by atoms with Gasteiger partial charge in [0, 0.05) is 29.9 Å². The summed E-state index contributed by atoms with van der Waals surface area (Å²) in [6, 6.07) is 9.26. The maximum atomic E-state index is 13.1. The summed E-state index contributed by atoms with van der Waals surface area (Å²) in [5, 5.41) is 0.555. The minimum absolute atomic E-state index is 0.189. The largest absolute Gasteiger partial charge is 0.399 e. The summed E-state index contributed by atoms with van der Waals surface area (Å²) in [5.41, 5.74) is 8.16. The summed E-state index contributed by atoms with van der Waals surface area (Å²) >= 11 is 6.10. The van der Waals surface area contributed by atoms with Gasteiger partial charge in [0.05, 0.1) is 0 Å². The molecule has 0 unspecified atom stereocenters. The molecule has 2 aromatic carbocycles. The van der Waals surface area contributed by atoms with Crippen molar-refractivity contribution in [1.82, 2.24) is 4.90 Å². The van der Waals surface area contributed by atoms with Crippen molar-refractivity contribution in [3.63, 3.8) is 0 Å². The van der Waals surface area contributed by atoms with E-state index < -0.39 is 0 Å². The molecule has 2 N–H and O–H groups in total. The number of nitrogen functional groups attached to an aromatic ring is 1. The van der Waals surface area contributed by atoms with Crippen LogP contribution in [0.15, 0.2) is 36.4 Å². The Labute approximate surface area is 128 Å². The summed E-state index contributed by atoms with van der Waals surface area (Å²) in [6.45, 7) is 2.04. The van der Waals surface area contributed by atoms with Crippen LogP contribution in [-0.2, 0) is 6.54 Å². The van der Waals surface area contributed by atoms with Gasteiger partial charge >= 0.3 is 0 Å². The Balaban J connectivity index is 2.21. The van der Waals surface area contributed by atoms with Crippen molar-refractivity contribution in [3.05, 3.63) is 63.9 Å². The SMILES string of the molecule is Cc1cc(F)ccc1C(=O)N(C)Cc1cc(N)ccc1Cl. The lowest BCUT2D eigenvalue weighted by molar-refractivity contribution is 0.0784. The van der Waals surface area contributed by atoms with Gasteiger partial charge in [-0.05, 0) is 54.4 Å². The van der Waals surface area contributed by atoms with Gasteiger partial charge in [-0.25, -0.2) is 4.39 Å². The second kappa shape index (κ2) is 6.14. The van der Waals surface area contributed by atoms with Gasteiger partial charge in [-0.1, -0.05) is 11.6 Å². The van der Waals surface area contributed by atoms with Crippen LogP contribution in [0.5, 0.6) is 0 Å². The Kier molecular flexibility index (Phi) is 4.48. The van der Waals surface area contributed by atoms with E-state index >= 15 is 0 Å². The number of nitrogens with two attached hydrogens (primary N) is 1. The summed E-state index contributed by atoms with van der Waals surface area (Å²) in [7, 11) is 1.67. The second-order valence-electron chi connectivity index (χ2n) is 4.97. The van der Waals surface area contributed by atoms with Crippen molar-refractivity contribution in [1.29, 1.82) is 0 Å². The third kappa shape index (κ3) is 3.52. The van der Waals surface area contributed by atoms with E-state index in [0.29, 0.717) is 28.4 Å². The minimum atomic E-state index is -0.356. The molecular weight excluding hydrogens is 291 g/mol. The highest BCUT2D eigenvalue weighted by Crippen LogP contribution is 2.21. The number of halogens is 2. The van der Waals surface area contributed by atoms with Crippen LogP contribution in [0.3, 0.4) is 0 Å². The maximum Gasteiger partial charge on any atom is 0.254 e. The molecule has 21 heavy (non-hydrogen) atoms. The molecule has 0 aromatic heterocycles. The summed E-state index contributed by atoms with van der Waals surface area (Å²) in [6.07, 6.45) is 0. The first-order chi connectivity index (χ1) is 9.88. The lowest BCUT2D eigenvalue weighted by Crippen LogP contribution is -2.27. The number of hydrogen-bond acceptors (Lipinski definition) is 2. The highest BCUT2D eigenvalue weighted by Gasteiger charge is 2.16. The van der Waals surface area contributed by atoms with Gasteiger partial charge in [-0.3, -0.25) is 4.79 Å². The van der Waals surface area contributed by atoms with E-state index in [9.17, 15) is 9.18 Å². The summed E-state index contributed by atoms with van der Waals surface area (Å²) < 4.78 is 13.1. The Morgan fingerprint density at radius 2 is 2.00 bits per heavy atom. The molecule has 0 aliphatic heterocycles. The van der Waals surface area contributed by atoms with Crippen LogP contribution in [0, 0.1) is 12.7 Å². The number of aryl methyl sites for hydroxylation is 1. The Morgan fingerprint density at radius 3 is 2.67 bits per heavy atom. The molecule has 0 spiro atoms. The van der Waals surface area contributed by atoms with E-state index in [1.807, 2.05) is 0 Å². The zero-order valence-corrected chi connectivity index (χ0v) is 12.6. The second-order valence-corrected chi connectivity index (χ2v) is 5.38. The number of amides is 1. The molecule has 3 nitrogen and oxygen atoms in total. The third-order valence-electron chi connectivity index (χ3n) is 3.24. The van der Waals surface area contributed by atoms with E-state index in [1.165, 1.54) is 23.1 Å². The lowest BCUT2D eigenvalue weighted by Gasteiger charge is -2.19. The molecule has 110 valence electrons. The molecular formula is C16H16ClFN2O. The van der Waals surface area contributed by atoms with E-state index in [2.05, 4.69) is 0 Å². The van der Waals surface area contributed by atoms with Crippen LogP contribution in [0.2, 0.25) is 5.02 Å². The Bertz CT molecular complexity index is 688. The third-order valence-corrected chi connectivity index (χ3v) is 3.61. The Morgan fingerprint density at radius 1 is 1.29 bits per heavy atom. The monoisotopic (exact) mass is 306 g/mol. The molecule has 0 heterocycles. The van der Waals surface area contributed by atoms with Gasteiger partial charge in [-0.2, -0.15) is 0 Å². The molecule has 0 aliphatic rings. The summed E-state index contributed by atoms with van der Waals surface area (Å²) in [4.78, 5) is 13.9. The van der Waals surface area contributed by atoms with Crippen molar-refractivity contribution >= 4 is 23.2 Å². The van der Waals surface area contributed by atoms with E-state index in [-0.39, 0.29) is 11.7 Å². The first-order valence-electron chi connectivity index (χ1n) is 6.44. The van der Waals surface area contributed by atoms with E-state index in [4.69, 9.17) is 17.3 Å². The first-order valence-corrected chi connectivity index (χ1v) is 6.82. The predicted octanol–water partition coefficient (Wildman–Crippen LogP) is 3.64. The molecule has 0 fully saturated rings. The van der Waals surface area contributed by atoms with E-state index in [1.54, 1.807) is 32.2 Å². The van der Waals surface area contributed by atoms with Gasteiger partial charge in [0.25, 0.3) is 5.91 Å². The predicted molar refractivity (Wildman–Crippen MR) is 82.8 cm³/mol. The zero-order valence-electron chi connectivity index (χ0n) is 11.9. The topological polar surface area (TPSA) is 46.3 Å². The van der Waals surface area contributed by atoms with E-state index in [0.717, 1.165) is 5.56 Å². The van der Waals surface area contributed by atoms with Crippen LogP contribution in [0.25, 0.3) is 0 Å². The van der Waals surface area contributed by atoms with Crippen LogP contribution in [0.4, 0.5) is 10.1 Å². The van der Waals surface area contributed by atoms with Gasteiger partial charge in [0.2, 0.25) is 0 Å². The number of benzene rings is 2. The molecule has 0 saturated carbocycles. The van der Waals surface area contributed by atoms with Crippen LogP contribution < -0.4 is 5.73 Å². The molecule has 0 atom stereocenters. The quantitative estimate of drug-likeness (QED) is 0.880. The first kappa shape index (κ1) is 15.3. The minimum Gasteiger partial charge on any atom is -0.399 e. The number of carbonyl (C=O) groups excluding carboxylic acids is 1. The number of anilines is 1. The number of nitrogens with zero attached hydrogens (tertiary/aromatic N) is 1. The smallest absolute Gasteiger partial charge is 0.254 e. The highest BCUT2D eigenvalue weighted by atomic mass is 35.5. The van der Waals surface area contributed by atoms with Crippen molar-refractivity contribution in [3.8, 4) is 0 Å². The molecule has 0 saturated heterocycles.